The van der Waals surface area contributed by atoms with Gasteiger partial charge in [0.2, 0.25) is 5.13 Å². The molecule has 0 N–H and O–H groups in total. The highest BCUT2D eigenvalue weighted by Gasteiger charge is 2.34. The molecule has 9 heteroatoms. The Hall–Kier alpha value is -2.78. The molecular weight excluding hydrogens is 384 g/mol. The van der Waals surface area contributed by atoms with E-state index in [4.69, 9.17) is 0 Å². The number of carbonyl (C=O) groups excluding carboxylic acids is 1. The number of nitro groups is 1. The standard InChI is InChI=1S/C18H16N4O3S2/c1-4-9-21-16(23)15(27-18(21)20-17-19-11(2)10-26-17)12(3)13-5-7-14(8-6-13)22(24)25/h4-8,10H,1,9H2,2-3H3/b15-12-,20-18+. The summed E-state index contributed by atoms with van der Waals surface area (Å²) in [7, 11) is 0. The number of hydrogen-bond donors (Lipinski definition) is 0. The van der Waals surface area contributed by atoms with E-state index in [9.17, 15) is 14.9 Å². The fraction of sp³-hybridized carbons (Fsp3) is 0.167. The molecule has 1 aromatic carbocycles. The molecule has 3 rings (SSSR count). The van der Waals surface area contributed by atoms with Crippen molar-refractivity contribution in [3.8, 4) is 0 Å². The van der Waals surface area contributed by atoms with Gasteiger partial charge in [-0.3, -0.25) is 19.8 Å². The lowest BCUT2D eigenvalue weighted by atomic mass is 10.1. The summed E-state index contributed by atoms with van der Waals surface area (Å²) < 4.78 is 0. The number of nitrogens with zero attached hydrogens (tertiary/aromatic N) is 4. The number of aromatic nitrogens is 1. The summed E-state index contributed by atoms with van der Waals surface area (Å²) in [5.41, 5.74) is 2.38. The van der Waals surface area contributed by atoms with E-state index in [-0.39, 0.29) is 11.6 Å². The Bertz CT molecular complexity index is 977. The number of nitro benzene ring substituents is 1. The van der Waals surface area contributed by atoms with Crippen LogP contribution in [-0.4, -0.2) is 32.4 Å². The van der Waals surface area contributed by atoms with Gasteiger partial charge in [-0.05, 0) is 48.9 Å². The second kappa shape index (κ2) is 7.85. The van der Waals surface area contributed by atoms with Gasteiger partial charge in [0.15, 0.2) is 5.17 Å². The molecule has 1 amide bonds. The van der Waals surface area contributed by atoms with Crippen molar-refractivity contribution >= 4 is 50.6 Å². The van der Waals surface area contributed by atoms with Gasteiger partial charge in [-0.25, -0.2) is 4.98 Å². The van der Waals surface area contributed by atoms with E-state index in [1.807, 2.05) is 19.2 Å². The molecule has 0 aliphatic carbocycles. The van der Waals surface area contributed by atoms with E-state index in [0.29, 0.717) is 21.7 Å². The van der Waals surface area contributed by atoms with Gasteiger partial charge in [0, 0.05) is 24.1 Å². The average molecular weight is 400 g/mol. The maximum absolute atomic E-state index is 12.9. The van der Waals surface area contributed by atoms with Crippen molar-refractivity contribution in [3.63, 3.8) is 0 Å². The van der Waals surface area contributed by atoms with Crippen LogP contribution in [0.3, 0.4) is 0 Å². The van der Waals surface area contributed by atoms with Gasteiger partial charge in [-0.2, -0.15) is 4.99 Å². The third kappa shape index (κ3) is 3.99. The van der Waals surface area contributed by atoms with Gasteiger partial charge in [0.05, 0.1) is 15.5 Å². The van der Waals surface area contributed by atoms with Crippen LogP contribution in [0.5, 0.6) is 0 Å². The number of amidine groups is 1. The predicted octanol–water partition coefficient (Wildman–Crippen LogP) is 4.54. The molecule has 1 saturated heterocycles. The van der Waals surface area contributed by atoms with Crippen molar-refractivity contribution in [2.75, 3.05) is 6.54 Å². The molecular formula is C18H16N4O3S2. The van der Waals surface area contributed by atoms with Gasteiger partial charge < -0.3 is 0 Å². The molecule has 1 aromatic heterocycles. The van der Waals surface area contributed by atoms with Crippen molar-refractivity contribution in [3.05, 3.63) is 68.6 Å². The highest BCUT2D eigenvalue weighted by Crippen LogP contribution is 2.38. The van der Waals surface area contributed by atoms with Crippen LogP contribution < -0.4 is 0 Å². The molecule has 0 saturated carbocycles. The number of thioether (sulfide) groups is 1. The fourth-order valence-electron chi connectivity index (χ4n) is 2.45. The Balaban J connectivity index is 1.98. The topological polar surface area (TPSA) is 88.7 Å². The van der Waals surface area contributed by atoms with Crippen molar-refractivity contribution in [2.24, 2.45) is 4.99 Å². The number of aliphatic imine (C=N–C) groups is 1. The largest absolute Gasteiger partial charge is 0.282 e. The van der Waals surface area contributed by atoms with Gasteiger partial charge in [0.1, 0.15) is 0 Å². The molecule has 2 heterocycles. The normalized spacial score (nSPS) is 17.5. The average Bonchev–Trinajstić information content (AvgIpc) is 3.19. The van der Waals surface area contributed by atoms with Gasteiger partial charge in [0.25, 0.3) is 11.6 Å². The Morgan fingerprint density at radius 1 is 1.41 bits per heavy atom. The summed E-state index contributed by atoms with van der Waals surface area (Å²) in [4.78, 5) is 34.2. The zero-order chi connectivity index (χ0) is 19.6. The molecule has 138 valence electrons. The van der Waals surface area contributed by atoms with E-state index in [1.165, 1.54) is 35.2 Å². The van der Waals surface area contributed by atoms with E-state index in [2.05, 4.69) is 16.6 Å². The van der Waals surface area contributed by atoms with Gasteiger partial charge >= 0.3 is 0 Å². The Morgan fingerprint density at radius 3 is 2.67 bits per heavy atom. The van der Waals surface area contributed by atoms with Crippen LogP contribution >= 0.6 is 23.1 Å². The lowest BCUT2D eigenvalue weighted by molar-refractivity contribution is -0.384. The second-order valence-electron chi connectivity index (χ2n) is 5.73. The zero-order valence-corrected chi connectivity index (χ0v) is 16.3. The number of thiazole rings is 1. The van der Waals surface area contributed by atoms with Gasteiger partial charge in [-0.1, -0.05) is 6.08 Å². The highest BCUT2D eigenvalue weighted by molar-refractivity contribution is 8.18. The lowest BCUT2D eigenvalue weighted by Gasteiger charge is -2.12. The van der Waals surface area contributed by atoms with E-state index < -0.39 is 4.92 Å². The zero-order valence-electron chi connectivity index (χ0n) is 14.7. The fourth-order valence-corrected chi connectivity index (χ4v) is 4.22. The van der Waals surface area contributed by atoms with Gasteiger partial charge in [-0.15, -0.1) is 17.9 Å². The quantitative estimate of drug-likeness (QED) is 0.318. The minimum absolute atomic E-state index is 0.0108. The number of benzene rings is 1. The number of allylic oxidation sites excluding steroid dienone is 1. The summed E-state index contributed by atoms with van der Waals surface area (Å²) in [6.07, 6.45) is 1.64. The minimum atomic E-state index is -0.450. The third-order valence-corrected chi connectivity index (χ3v) is 5.86. The van der Waals surface area contributed by atoms with Crippen LogP contribution in [0.4, 0.5) is 10.8 Å². The first kappa shape index (κ1) is 19.0. The van der Waals surface area contributed by atoms with E-state index >= 15 is 0 Å². The third-order valence-electron chi connectivity index (χ3n) is 3.83. The number of non-ortho nitro benzene ring substituents is 1. The second-order valence-corrected chi connectivity index (χ2v) is 7.54. The molecule has 0 unspecified atom stereocenters. The smallest absolute Gasteiger partial charge is 0.269 e. The first-order valence-corrected chi connectivity index (χ1v) is 9.67. The van der Waals surface area contributed by atoms with Crippen LogP contribution in [-0.2, 0) is 4.79 Å². The number of rotatable bonds is 5. The number of carbonyl (C=O) groups is 1. The molecule has 1 fully saturated rings. The molecule has 0 bridgehead atoms. The summed E-state index contributed by atoms with van der Waals surface area (Å²) >= 11 is 2.69. The van der Waals surface area contributed by atoms with E-state index in [0.717, 1.165) is 16.8 Å². The predicted molar refractivity (Wildman–Crippen MR) is 109 cm³/mol. The molecule has 2 aromatic rings. The lowest BCUT2D eigenvalue weighted by Crippen LogP contribution is -2.29. The molecule has 0 spiro atoms. The SMILES string of the molecule is C=CCN1C(=O)/C(=C(\C)c2ccc([N+](=O)[O-])cc2)S/C1=N/c1nc(C)cs1. The van der Waals surface area contributed by atoms with Crippen molar-refractivity contribution < 1.29 is 9.72 Å². The molecule has 7 nitrogen and oxygen atoms in total. The van der Waals surface area contributed by atoms with Crippen molar-refractivity contribution in [1.82, 2.24) is 9.88 Å². The molecule has 27 heavy (non-hydrogen) atoms. The number of hydrogen-bond acceptors (Lipinski definition) is 7. The maximum Gasteiger partial charge on any atom is 0.269 e. The first-order chi connectivity index (χ1) is 12.9. The Morgan fingerprint density at radius 2 is 2.11 bits per heavy atom. The number of aryl methyl sites for hydroxylation is 1. The molecule has 1 aliphatic heterocycles. The summed E-state index contributed by atoms with van der Waals surface area (Å²) in [6, 6.07) is 6.15. The number of amides is 1. The molecule has 0 radical (unpaired) electrons. The first-order valence-electron chi connectivity index (χ1n) is 7.98. The van der Waals surface area contributed by atoms with E-state index in [1.54, 1.807) is 23.1 Å². The van der Waals surface area contributed by atoms with Crippen LogP contribution in [0.2, 0.25) is 0 Å². The van der Waals surface area contributed by atoms with Crippen LogP contribution in [0, 0.1) is 17.0 Å². The van der Waals surface area contributed by atoms with Crippen molar-refractivity contribution in [1.29, 1.82) is 0 Å². The minimum Gasteiger partial charge on any atom is -0.282 e. The van der Waals surface area contributed by atoms with Crippen LogP contribution in [0.15, 0.2) is 52.2 Å². The summed E-state index contributed by atoms with van der Waals surface area (Å²) in [5, 5.41) is 13.9. The Kier molecular flexibility index (Phi) is 5.52. The summed E-state index contributed by atoms with van der Waals surface area (Å²) in [5.74, 6) is -0.164. The maximum atomic E-state index is 12.9. The highest BCUT2D eigenvalue weighted by atomic mass is 32.2. The summed E-state index contributed by atoms with van der Waals surface area (Å²) in [6.45, 7) is 7.76. The monoisotopic (exact) mass is 400 g/mol. The molecule has 1 aliphatic rings. The Labute approximate surface area is 164 Å². The van der Waals surface area contributed by atoms with Crippen LogP contribution in [0.25, 0.3) is 5.57 Å². The van der Waals surface area contributed by atoms with Crippen LogP contribution in [0.1, 0.15) is 18.2 Å². The van der Waals surface area contributed by atoms with Crippen molar-refractivity contribution in [2.45, 2.75) is 13.8 Å². The molecule has 0 atom stereocenters.